The molecule has 0 unspecified atom stereocenters. The molecule has 2 aromatic heterocycles. The number of hydrogen-bond acceptors (Lipinski definition) is 5. The van der Waals surface area contributed by atoms with Crippen LogP contribution in [-0.2, 0) is 0 Å². The van der Waals surface area contributed by atoms with Gasteiger partial charge in [-0.25, -0.2) is 4.98 Å². The predicted molar refractivity (Wildman–Crippen MR) is 80.2 cm³/mol. The van der Waals surface area contributed by atoms with Gasteiger partial charge in [0.1, 0.15) is 6.04 Å². The molecule has 0 aliphatic heterocycles. The maximum atomic E-state index is 12.5. The van der Waals surface area contributed by atoms with Gasteiger partial charge in [0.25, 0.3) is 5.91 Å². The first-order chi connectivity index (χ1) is 10.5. The van der Waals surface area contributed by atoms with Crippen molar-refractivity contribution in [3.05, 3.63) is 41.8 Å². The number of nitrogens with one attached hydrogen (secondary N) is 2. The molecule has 0 fully saturated rings. The molecule has 2 heterocycles. The maximum Gasteiger partial charge on any atom is 0.252 e. The van der Waals surface area contributed by atoms with Crippen LogP contribution in [0.15, 0.2) is 29.0 Å². The minimum absolute atomic E-state index is 0.125. The normalized spacial score (nSPS) is 12.7. The largest absolute Gasteiger partial charge is 0.345 e. The molecule has 22 heavy (non-hydrogen) atoms. The number of aryl methyl sites for hydroxylation is 1. The third kappa shape index (κ3) is 2.69. The zero-order valence-corrected chi connectivity index (χ0v) is 12.6. The van der Waals surface area contributed by atoms with Gasteiger partial charge in [-0.15, -0.1) is 0 Å². The predicted octanol–water partition coefficient (Wildman–Crippen LogP) is 2.38. The molecule has 7 heteroatoms. The number of rotatable bonds is 4. The molecule has 0 spiro atoms. The number of fused-ring (bicyclic) bond motifs is 1. The van der Waals surface area contributed by atoms with E-state index in [4.69, 9.17) is 4.52 Å². The van der Waals surface area contributed by atoms with Crippen LogP contribution < -0.4 is 5.32 Å². The number of benzene rings is 1. The Labute approximate surface area is 127 Å². The molecule has 0 saturated heterocycles. The van der Waals surface area contributed by atoms with E-state index in [0.29, 0.717) is 17.3 Å². The Balaban J connectivity index is 1.84. The molecule has 0 aliphatic rings. The van der Waals surface area contributed by atoms with Gasteiger partial charge < -0.3 is 14.8 Å². The highest BCUT2D eigenvalue weighted by Gasteiger charge is 2.24. The number of imidazole rings is 1. The quantitative estimate of drug-likeness (QED) is 0.771. The second-order valence-corrected chi connectivity index (χ2v) is 5.51. The summed E-state index contributed by atoms with van der Waals surface area (Å²) in [4.78, 5) is 23.8. The van der Waals surface area contributed by atoms with E-state index in [1.54, 1.807) is 25.4 Å². The standard InChI is InChI=1S/C15H17N5O2/c1-8(2)13(15-18-9(3)20-22-15)19-14(21)10-4-5-11-12(6-10)17-7-16-11/h4-8,13H,1-3H3,(H,16,17)(H,19,21)/t13-/m1/s1. The molecule has 1 atom stereocenters. The molecule has 3 aromatic rings. The number of amides is 1. The van der Waals surface area contributed by atoms with Crippen molar-refractivity contribution < 1.29 is 9.32 Å². The summed E-state index contributed by atoms with van der Waals surface area (Å²) in [7, 11) is 0. The van der Waals surface area contributed by atoms with E-state index in [1.165, 1.54) is 0 Å². The van der Waals surface area contributed by atoms with E-state index in [0.717, 1.165) is 11.0 Å². The molecule has 0 aliphatic carbocycles. The topological polar surface area (TPSA) is 96.7 Å². The third-order valence-corrected chi connectivity index (χ3v) is 3.45. The van der Waals surface area contributed by atoms with E-state index < -0.39 is 0 Å². The lowest BCUT2D eigenvalue weighted by atomic mass is 10.0. The average molecular weight is 299 g/mol. The van der Waals surface area contributed by atoms with Crippen LogP contribution in [0.3, 0.4) is 0 Å². The van der Waals surface area contributed by atoms with Gasteiger partial charge in [-0.2, -0.15) is 4.98 Å². The van der Waals surface area contributed by atoms with Crippen molar-refractivity contribution in [2.24, 2.45) is 5.92 Å². The van der Waals surface area contributed by atoms with Gasteiger partial charge in [0.15, 0.2) is 5.82 Å². The van der Waals surface area contributed by atoms with Crippen LogP contribution in [0.25, 0.3) is 11.0 Å². The number of aromatic amines is 1. The molecule has 7 nitrogen and oxygen atoms in total. The van der Waals surface area contributed by atoms with Crippen LogP contribution in [0.2, 0.25) is 0 Å². The summed E-state index contributed by atoms with van der Waals surface area (Å²) in [5, 5.41) is 6.73. The number of carbonyl (C=O) groups excluding carboxylic acids is 1. The van der Waals surface area contributed by atoms with Crippen molar-refractivity contribution in [3.63, 3.8) is 0 Å². The minimum atomic E-state index is -0.328. The van der Waals surface area contributed by atoms with Gasteiger partial charge in [0, 0.05) is 5.56 Å². The number of H-pyrrole nitrogens is 1. The molecule has 3 rings (SSSR count). The second kappa shape index (κ2) is 5.59. The Morgan fingerprint density at radius 1 is 1.36 bits per heavy atom. The van der Waals surface area contributed by atoms with Crippen molar-refractivity contribution >= 4 is 16.9 Å². The Kier molecular flexibility index (Phi) is 3.62. The fourth-order valence-electron chi connectivity index (χ4n) is 2.25. The lowest BCUT2D eigenvalue weighted by molar-refractivity contribution is 0.0914. The molecule has 2 N–H and O–H groups in total. The Hall–Kier alpha value is -2.70. The average Bonchev–Trinajstić information content (AvgIpc) is 3.11. The summed E-state index contributed by atoms with van der Waals surface area (Å²) in [5.74, 6) is 0.906. The van der Waals surface area contributed by atoms with Gasteiger partial charge in [0.2, 0.25) is 5.89 Å². The van der Waals surface area contributed by atoms with Crippen molar-refractivity contribution in [2.45, 2.75) is 26.8 Å². The van der Waals surface area contributed by atoms with Gasteiger partial charge in [-0.05, 0) is 31.0 Å². The van der Waals surface area contributed by atoms with Crippen LogP contribution in [0.4, 0.5) is 0 Å². The highest BCUT2D eigenvalue weighted by Crippen LogP contribution is 2.21. The highest BCUT2D eigenvalue weighted by molar-refractivity contribution is 5.97. The van der Waals surface area contributed by atoms with Gasteiger partial charge in [-0.1, -0.05) is 19.0 Å². The molecule has 1 amide bonds. The number of nitrogens with zero attached hydrogens (tertiary/aromatic N) is 3. The summed E-state index contributed by atoms with van der Waals surface area (Å²) in [6, 6.07) is 5.00. The summed E-state index contributed by atoms with van der Waals surface area (Å²) in [6.45, 7) is 5.73. The van der Waals surface area contributed by atoms with Crippen LogP contribution in [-0.4, -0.2) is 26.0 Å². The zero-order valence-electron chi connectivity index (χ0n) is 12.6. The van der Waals surface area contributed by atoms with Gasteiger partial charge in [0.05, 0.1) is 17.4 Å². The summed E-state index contributed by atoms with van der Waals surface area (Å²) < 4.78 is 5.19. The molecule has 0 radical (unpaired) electrons. The third-order valence-electron chi connectivity index (χ3n) is 3.45. The van der Waals surface area contributed by atoms with Crippen molar-refractivity contribution in [1.82, 2.24) is 25.4 Å². The van der Waals surface area contributed by atoms with Crippen LogP contribution in [0.1, 0.15) is 42.0 Å². The molecular formula is C15H17N5O2. The van der Waals surface area contributed by atoms with Gasteiger partial charge >= 0.3 is 0 Å². The fourth-order valence-corrected chi connectivity index (χ4v) is 2.25. The first-order valence-electron chi connectivity index (χ1n) is 7.09. The second-order valence-electron chi connectivity index (χ2n) is 5.51. The van der Waals surface area contributed by atoms with Crippen LogP contribution in [0, 0.1) is 12.8 Å². The number of carbonyl (C=O) groups is 1. The Bertz CT molecular complexity index is 805. The molecule has 0 saturated carbocycles. The number of hydrogen-bond donors (Lipinski definition) is 2. The Morgan fingerprint density at radius 2 is 2.18 bits per heavy atom. The Morgan fingerprint density at radius 3 is 2.86 bits per heavy atom. The molecule has 114 valence electrons. The lowest BCUT2D eigenvalue weighted by Crippen LogP contribution is -2.32. The molecule has 0 bridgehead atoms. The monoisotopic (exact) mass is 299 g/mol. The van der Waals surface area contributed by atoms with E-state index in [-0.39, 0.29) is 17.9 Å². The van der Waals surface area contributed by atoms with E-state index in [1.807, 2.05) is 19.9 Å². The number of aromatic nitrogens is 4. The van der Waals surface area contributed by atoms with Gasteiger partial charge in [-0.3, -0.25) is 4.79 Å². The van der Waals surface area contributed by atoms with Crippen LogP contribution in [0.5, 0.6) is 0 Å². The molecule has 1 aromatic carbocycles. The van der Waals surface area contributed by atoms with Crippen molar-refractivity contribution in [2.75, 3.05) is 0 Å². The van der Waals surface area contributed by atoms with Crippen molar-refractivity contribution in [1.29, 1.82) is 0 Å². The summed E-state index contributed by atoms with van der Waals surface area (Å²) >= 11 is 0. The van der Waals surface area contributed by atoms with Crippen molar-refractivity contribution in [3.8, 4) is 0 Å². The lowest BCUT2D eigenvalue weighted by Gasteiger charge is -2.18. The molecular weight excluding hydrogens is 282 g/mol. The smallest absolute Gasteiger partial charge is 0.252 e. The van der Waals surface area contributed by atoms with E-state index in [2.05, 4.69) is 25.4 Å². The minimum Gasteiger partial charge on any atom is -0.345 e. The fraction of sp³-hybridized carbons (Fsp3) is 0.333. The summed E-state index contributed by atoms with van der Waals surface area (Å²) in [6.07, 6.45) is 1.60. The SMILES string of the molecule is Cc1noc([C@H](NC(=O)c2ccc3nc[nH]c3c2)C(C)C)n1. The zero-order chi connectivity index (χ0) is 15.7. The first-order valence-corrected chi connectivity index (χ1v) is 7.09. The van der Waals surface area contributed by atoms with E-state index in [9.17, 15) is 4.79 Å². The first kappa shape index (κ1) is 14.2. The summed E-state index contributed by atoms with van der Waals surface area (Å²) in [5.41, 5.74) is 2.20. The highest BCUT2D eigenvalue weighted by atomic mass is 16.5. The van der Waals surface area contributed by atoms with Crippen LogP contribution >= 0.6 is 0 Å². The maximum absolute atomic E-state index is 12.5. The van der Waals surface area contributed by atoms with E-state index >= 15 is 0 Å².